The molecule has 8 heteroatoms. The van der Waals surface area contributed by atoms with Crippen LogP contribution in [0.2, 0.25) is 0 Å². The molecule has 10 aliphatic rings. The van der Waals surface area contributed by atoms with Crippen LogP contribution in [-0.2, 0) is 0 Å². The molecule has 10 fully saturated rings. The first-order valence-electron chi connectivity index (χ1n) is 30.9. The fourth-order valence-corrected chi connectivity index (χ4v) is 15.4. The van der Waals surface area contributed by atoms with E-state index in [0.29, 0.717) is 31.6 Å². The SMILES string of the molecule is CC12CC3CC(CC(C3)C1)C2.CC1CCC(C)(C(F)(F)F)CC1.[2H]C(C)(C)c1cc(-c2ccc(-c3cnc(C)cn3)cc2)cc(C([2H])(C)C)c1C.[2H]C([2H])(C)C12CC3CC(CC(C3)C1)C2.[2H]C1(C)CCC(C)(C(F)(F)F)CC1. The molecule has 0 amide bonds. The number of aromatic nitrogens is 2. The van der Waals surface area contributed by atoms with Gasteiger partial charge in [-0.25, -0.2) is 0 Å². The molecule has 0 spiro atoms. The molecular weight excluding hydrogens is 923 g/mol. The molecule has 0 atom stereocenters. The molecule has 0 unspecified atom stereocenters. The fourth-order valence-electron chi connectivity index (χ4n) is 15.4. The maximum Gasteiger partial charge on any atom is 0.394 e. The normalized spacial score (nSPS) is 37.5. The highest BCUT2D eigenvalue weighted by atomic mass is 19.4. The highest BCUT2D eigenvalue weighted by Crippen LogP contribution is 2.62. The van der Waals surface area contributed by atoms with Crippen LogP contribution in [-0.4, -0.2) is 22.3 Å². The standard InChI is InChI=1S/C24H28N2.C12H20.C11H18.2C9H15F3/c1-15(2)22-11-21(12-23(16(3)4)18(22)6)19-7-9-20(10-8-19)24-14-25-17(5)13-26-24;1-2-12-6-9-3-10(7-12)5-11(4-9)8-12;1-11-5-8-2-9(6-11)4-10(3-8)7-11;2*1-7-3-5-8(2,6-4-7)9(10,11)12/h7-16H,1-6H3;9-11H,2-8H2,1H3;8-10H,2-7H2,1H3;2*7H,3-6H2,1-2H3/i15D,16D;2D2;;7D;. The average molecular weight is 1020 g/mol. The van der Waals surface area contributed by atoms with Crippen molar-refractivity contribution in [2.75, 3.05) is 0 Å². The second-order valence-electron chi connectivity index (χ2n) is 26.7. The van der Waals surface area contributed by atoms with Crippen LogP contribution < -0.4 is 0 Å². The van der Waals surface area contributed by atoms with E-state index in [4.69, 9.17) is 6.85 Å². The van der Waals surface area contributed by atoms with Crippen molar-refractivity contribution in [1.82, 2.24) is 9.97 Å². The van der Waals surface area contributed by atoms with Crippen molar-refractivity contribution in [1.29, 1.82) is 0 Å². The number of hydrogen-bond acceptors (Lipinski definition) is 2. The predicted molar refractivity (Wildman–Crippen MR) is 291 cm³/mol. The summed E-state index contributed by atoms with van der Waals surface area (Å²) in [5.74, 6) is 4.42. The van der Waals surface area contributed by atoms with E-state index < -0.39 is 47.2 Å². The van der Waals surface area contributed by atoms with E-state index >= 15 is 0 Å². The zero-order valence-corrected chi connectivity index (χ0v) is 47.0. The van der Waals surface area contributed by atoms with Gasteiger partial charge >= 0.3 is 12.4 Å². The highest BCUT2D eigenvalue weighted by molar-refractivity contribution is 5.70. The van der Waals surface area contributed by atoms with Crippen LogP contribution in [0.1, 0.15) is 245 Å². The highest BCUT2D eigenvalue weighted by Gasteiger charge is 2.53. The fraction of sp³-hybridized carbons (Fsp3) is 0.754. The van der Waals surface area contributed by atoms with Gasteiger partial charge in [0.15, 0.2) is 0 Å². The van der Waals surface area contributed by atoms with Crippen LogP contribution in [0.15, 0.2) is 48.8 Å². The van der Waals surface area contributed by atoms with Crippen LogP contribution in [0.4, 0.5) is 26.3 Å². The molecule has 13 rings (SSSR count). The monoisotopic (exact) mass is 1020 g/mol. The average Bonchev–Trinajstić information content (AvgIpc) is 3.47. The number of rotatable bonds is 5. The summed E-state index contributed by atoms with van der Waals surface area (Å²) in [5.41, 5.74) is 5.77. The first-order chi connectivity index (χ1) is 35.7. The molecule has 0 aliphatic heterocycles. The number of nitrogens with zero attached hydrogens (tertiary/aromatic N) is 2. The van der Waals surface area contributed by atoms with Crippen molar-refractivity contribution in [3.05, 3.63) is 71.2 Å². The summed E-state index contributed by atoms with van der Waals surface area (Å²) in [7, 11) is 0. The molecule has 10 saturated carbocycles. The van der Waals surface area contributed by atoms with Crippen molar-refractivity contribution >= 4 is 0 Å². The van der Waals surface area contributed by atoms with Crippen LogP contribution >= 0.6 is 0 Å². The third-order valence-electron chi connectivity index (χ3n) is 19.6. The molecule has 1 aromatic heterocycles. The zero-order valence-electron chi connectivity index (χ0n) is 52.0. The van der Waals surface area contributed by atoms with E-state index in [1.54, 1.807) is 57.8 Å². The Morgan fingerprint density at radius 3 is 1.32 bits per heavy atom. The Labute approximate surface area is 446 Å². The minimum Gasteiger partial charge on any atom is -0.258 e. The smallest absolute Gasteiger partial charge is 0.258 e. The number of halogens is 6. The van der Waals surface area contributed by atoms with E-state index in [9.17, 15) is 26.3 Å². The van der Waals surface area contributed by atoms with Gasteiger partial charge in [-0.15, -0.1) is 0 Å². The van der Waals surface area contributed by atoms with Gasteiger partial charge < -0.3 is 0 Å². The topological polar surface area (TPSA) is 25.8 Å². The lowest BCUT2D eigenvalue weighted by Crippen LogP contribution is -2.45. The van der Waals surface area contributed by atoms with Gasteiger partial charge in [-0.3, -0.25) is 9.97 Å². The largest absolute Gasteiger partial charge is 0.394 e. The summed E-state index contributed by atoms with van der Waals surface area (Å²) >= 11 is 0. The molecule has 1 heterocycles. The van der Waals surface area contributed by atoms with Crippen molar-refractivity contribution in [3.8, 4) is 22.4 Å². The van der Waals surface area contributed by atoms with E-state index in [0.717, 1.165) is 98.5 Å². The Morgan fingerprint density at radius 1 is 0.589 bits per heavy atom. The summed E-state index contributed by atoms with van der Waals surface area (Å²) in [4.78, 5) is 8.76. The first kappa shape index (κ1) is 50.9. The predicted octanol–water partition coefficient (Wildman–Crippen LogP) is 21.0. The van der Waals surface area contributed by atoms with Gasteiger partial charge in [0.2, 0.25) is 0 Å². The Kier molecular flexibility index (Phi) is 16.0. The quantitative estimate of drug-likeness (QED) is 0.238. The Bertz CT molecular complexity index is 2360. The molecule has 3 aromatic rings. The van der Waals surface area contributed by atoms with E-state index in [1.807, 2.05) is 67.5 Å². The van der Waals surface area contributed by atoms with Gasteiger partial charge in [0.05, 0.1) is 28.4 Å². The molecule has 408 valence electrons. The lowest BCUT2D eigenvalue weighted by molar-refractivity contribution is -0.230. The minimum absolute atomic E-state index is 0.0712. The molecule has 0 N–H and O–H groups in total. The number of alkyl halides is 6. The summed E-state index contributed by atoms with van der Waals surface area (Å²) < 4.78 is 116. The molecule has 2 aromatic carbocycles. The Hall–Kier alpha value is -2.90. The molecule has 8 bridgehead atoms. The van der Waals surface area contributed by atoms with Crippen LogP contribution in [0.5, 0.6) is 0 Å². The lowest BCUT2D eigenvalue weighted by atomic mass is 9.49. The summed E-state index contributed by atoms with van der Waals surface area (Å²) in [6.07, 6.45) is 14.7. The van der Waals surface area contributed by atoms with Crippen molar-refractivity contribution in [3.63, 3.8) is 0 Å². The summed E-state index contributed by atoms with van der Waals surface area (Å²) in [5, 5.41) is 0. The van der Waals surface area contributed by atoms with E-state index in [2.05, 4.69) is 41.2 Å². The van der Waals surface area contributed by atoms with Gasteiger partial charge in [-0.1, -0.05) is 112 Å². The molecule has 10 aliphatic carbocycles. The number of benzene rings is 2. The summed E-state index contributed by atoms with van der Waals surface area (Å²) in [6, 6.07) is 12.4. The van der Waals surface area contributed by atoms with Gasteiger partial charge in [0.25, 0.3) is 0 Å². The maximum absolute atomic E-state index is 12.5. The van der Waals surface area contributed by atoms with Crippen LogP contribution in [0, 0.1) is 82.8 Å². The van der Waals surface area contributed by atoms with E-state index in [-0.39, 0.29) is 18.3 Å². The summed E-state index contributed by atoms with van der Waals surface area (Å²) in [6.45, 7) is 22.3. The van der Waals surface area contributed by atoms with Crippen molar-refractivity contribution < 1.29 is 33.2 Å². The molecular formula is C65H96F6N2. The molecule has 2 nitrogen and oxygen atoms in total. The Morgan fingerprint density at radius 2 is 0.973 bits per heavy atom. The molecule has 73 heavy (non-hydrogen) atoms. The minimum atomic E-state index is -4.11. The number of aryl methyl sites for hydroxylation is 1. The first-order valence-corrected chi connectivity index (χ1v) is 28.4. The number of hydrogen-bond donors (Lipinski definition) is 0. The van der Waals surface area contributed by atoms with Crippen LogP contribution in [0.3, 0.4) is 0 Å². The van der Waals surface area contributed by atoms with Gasteiger partial charge in [-0.2, -0.15) is 26.3 Å². The second kappa shape index (κ2) is 23.0. The zero-order chi connectivity index (χ0) is 57.9. The third kappa shape index (κ3) is 14.2. The molecule has 0 saturated heterocycles. The third-order valence-corrected chi connectivity index (χ3v) is 19.6. The van der Waals surface area contributed by atoms with Gasteiger partial charge in [-0.05, 0) is 240 Å². The second-order valence-corrected chi connectivity index (χ2v) is 26.7. The van der Waals surface area contributed by atoms with Crippen molar-refractivity contribution in [2.24, 2.45) is 69.0 Å². The molecule has 0 radical (unpaired) electrons. The maximum atomic E-state index is 12.5. The van der Waals surface area contributed by atoms with Crippen molar-refractivity contribution in [2.45, 2.75) is 242 Å². The Balaban J connectivity index is 0.000000150. The van der Waals surface area contributed by atoms with Gasteiger partial charge in [0.1, 0.15) is 0 Å². The van der Waals surface area contributed by atoms with Gasteiger partial charge in [0, 0.05) is 18.6 Å². The van der Waals surface area contributed by atoms with Crippen LogP contribution in [0.25, 0.3) is 22.4 Å². The van der Waals surface area contributed by atoms with E-state index in [1.165, 1.54) is 52.4 Å². The lowest BCUT2D eigenvalue weighted by Gasteiger charge is -2.56.